The summed E-state index contributed by atoms with van der Waals surface area (Å²) in [6.45, 7) is 2.44. The molecule has 0 atom stereocenters. The molecule has 0 aromatic heterocycles. The molecule has 0 aromatic rings. The van der Waals surface area contributed by atoms with Crippen LogP contribution in [0.1, 0.15) is 0 Å². The van der Waals surface area contributed by atoms with Crippen LogP contribution in [0.3, 0.4) is 0 Å². The monoisotopic (exact) mass is 242 g/mol. The molecule has 0 rings (SSSR count). The zero-order valence-corrected chi connectivity index (χ0v) is 5.37. The molecule has 0 N–H and O–H groups in total. The molecule has 0 aliphatic heterocycles. The Morgan fingerprint density at radius 3 is 1.80 bits per heavy atom. The van der Waals surface area contributed by atoms with Gasteiger partial charge in [-0.1, -0.05) is 0 Å². The molecule has 0 amide bonds. The zero-order valence-electron chi connectivity index (χ0n) is 2.43. The van der Waals surface area contributed by atoms with Crippen LogP contribution >= 0.6 is 0 Å². The molecule has 5 heavy (non-hydrogen) atoms. The third-order valence-corrected chi connectivity index (χ3v) is 0. The first-order valence-electron chi connectivity index (χ1n) is 0.762. The number of hydrogen-bond acceptors (Lipinski definition) is 2. The summed E-state index contributed by atoms with van der Waals surface area (Å²) in [6.07, 6.45) is 0. The molecule has 0 aliphatic rings. The van der Waals surface area contributed by atoms with E-state index in [9.17, 15) is 0 Å². The Bertz CT molecular complexity index is 30.6. The molecule has 0 radical (unpaired) electrons. The van der Waals surface area contributed by atoms with Gasteiger partial charge in [0, 0.05) is 0 Å². The number of carbonyl (C=O) groups excluding carboxylic acids is 1. The van der Waals surface area contributed by atoms with Crippen molar-refractivity contribution in [3.8, 4) is 0 Å². The van der Waals surface area contributed by atoms with E-state index in [4.69, 9.17) is 9.90 Å². The fourth-order valence-corrected chi connectivity index (χ4v) is 0. The molecule has 0 unspecified atom stereocenters. The number of hydrogen-bond donors (Lipinski definition) is 0. The van der Waals surface area contributed by atoms with Gasteiger partial charge in [0.2, 0.25) is 0 Å². The van der Waals surface area contributed by atoms with Gasteiger partial charge in [-0.2, -0.15) is 0 Å². The minimum absolute atomic E-state index is 0. The fourth-order valence-electron chi connectivity index (χ4n) is 0. The second-order valence-corrected chi connectivity index (χ2v) is 0.372. The van der Waals surface area contributed by atoms with Gasteiger partial charge in [-0.25, -0.2) is 0 Å². The van der Waals surface area contributed by atoms with Crippen LogP contribution in [0.2, 0.25) is 0 Å². The van der Waals surface area contributed by atoms with E-state index in [0.717, 1.165) is 0 Å². The molecular weight excluding hydrogens is 240 g/mol. The van der Waals surface area contributed by atoms with Crippen molar-refractivity contribution in [3.05, 3.63) is 6.92 Å². The van der Waals surface area contributed by atoms with Crippen LogP contribution in [0.15, 0.2) is 0 Å². The van der Waals surface area contributed by atoms with Gasteiger partial charge >= 0.3 is 21.1 Å². The predicted molar refractivity (Wildman–Crippen MR) is 10.4 cm³/mol. The van der Waals surface area contributed by atoms with Crippen LogP contribution in [-0.4, -0.2) is 5.97 Å². The summed E-state index contributed by atoms with van der Waals surface area (Å²) >= 11 is 0. The molecule has 0 spiro atoms. The standard InChI is InChI=1S/C2H3O2.W/c1-2(3)4;/h1H2,(H,3,4);/q-1;+2/p-1. The summed E-state index contributed by atoms with van der Waals surface area (Å²) in [5.41, 5.74) is 0. The Kier molecular flexibility index (Phi) is 7.17. The molecule has 0 bridgehead atoms. The van der Waals surface area contributed by atoms with Gasteiger partial charge in [-0.3, -0.25) is 0 Å². The third kappa shape index (κ3) is 20700. The number of carboxylic acids is 1. The van der Waals surface area contributed by atoms with Crippen molar-refractivity contribution < 1.29 is 31.0 Å². The van der Waals surface area contributed by atoms with Crippen molar-refractivity contribution >= 4 is 5.97 Å². The maximum atomic E-state index is 8.78. The van der Waals surface area contributed by atoms with E-state index in [1.54, 1.807) is 0 Å². The van der Waals surface area contributed by atoms with E-state index < -0.39 is 5.97 Å². The fraction of sp³-hybridized carbons (Fsp3) is 0. The summed E-state index contributed by atoms with van der Waals surface area (Å²) in [6, 6.07) is 0. The SMILES string of the molecule is [CH2-]C(=O)[O-].[W+2]. The average molecular weight is 242 g/mol. The van der Waals surface area contributed by atoms with Gasteiger partial charge in [0.1, 0.15) is 0 Å². The first-order valence-corrected chi connectivity index (χ1v) is 0.762. The molecule has 2 nitrogen and oxygen atoms in total. The van der Waals surface area contributed by atoms with Crippen LogP contribution in [-0.2, 0) is 25.9 Å². The quantitative estimate of drug-likeness (QED) is 0.488. The van der Waals surface area contributed by atoms with E-state index in [2.05, 4.69) is 6.92 Å². The minimum Gasteiger partial charge on any atom is -0.584 e. The van der Waals surface area contributed by atoms with Gasteiger partial charge in [-0.05, 0) is 0 Å². The Labute approximate surface area is 44.4 Å². The summed E-state index contributed by atoms with van der Waals surface area (Å²) in [5, 5.41) is 8.78. The maximum absolute atomic E-state index is 8.78. The van der Waals surface area contributed by atoms with E-state index in [1.807, 2.05) is 0 Å². The van der Waals surface area contributed by atoms with Crippen LogP contribution in [0.25, 0.3) is 0 Å². The number of carbonyl (C=O) groups is 1. The molecule has 0 heterocycles. The molecule has 0 aromatic carbocycles. The van der Waals surface area contributed by atoms with Crippen LogP contribution < -0.4 is 5.11 Å². The Morgan fingerprint density at radius 2 is 1.80 bits per heavy atom. The number of carboxylic acid groups (broad SMARTS) is 1. The van der Waals surface area contributed by atoms with Crippen molar-refractivity contribution in [2.24, 2.45) is 0 Å². The van der Waals surface area contributed by atoms with Gasteiger partial charge in [0.25, 0.3) is 0 Å². The first kappa shape index (κ1) is 8.90. The van der Waals surface area contributed by atoms with Crippen molar-refractivity contribution in [2.75, 3.05) is 0 Å². The van der Waals surface area contributed by atoms with E-state index in [0.29, 0.717) is 0 Å². The van der Waals surface area contributed by atoms with Gasteiger partial charge < -0.3 is 16.8 Å². The van der Waals surface area contributed by atoms with Gasteiger partial charge in [0.05, 0.1) is 0 Å². The van der Waals surface area contributed by atoms with Crippen molar-refractivity contribution in [1.29, 1.82) is 0 Å². The molecular formula is C2H2O2W. The average Bonchev–Trinajstić information content (AvgIpc) is 0.811. The van der Waals surface area contributed by atoms with Crippen LogP contribution in [0.5, 0.6) is 0 Å². The summed E-state index contributed by atoms with van der Waals surface area (Å²) < 4.78 is 0. The van der Waals surface area contributed by atoms with Crippen LogP contribution in [0, 0.1) is 6.92 Å². The summed E-state index contributed by atoms with van der Waals surface area (Å²) in [5.74, 6) is -1.33. The Balaban J connectivity index is 0. The molecule has 0 fully saturated rings. The third-order valence-electron chi connectivity index (χ3n) is 0. The smallest absolute Gasteiger partial charge is 0.584 e. The predicted octanol–water partition coefficient (Wildman–Crippen LogP) is -1.43. The second-order valence-electron chi connectivity index (χ2n) is 0.372. The Morgan fingerprint density at radius 1 is 1.80 bits per heavy atom. The normalized spacial score (nSPS) is 4.80. The van der Waals surface area contributed by atoms with E-state index in [1.165, 1.54) is 0 Å². The molecule has 0 saturated heterocycles. The van der Waals surface area contributed by atoms with E-state index >= 15 is 0 Å². The number of rotatable bonds is 0. The van der Waals surface area contributed by atoms with E-state index in [-0.39, 0.29) is 21.1 Å². The molecule has 0 saturated carbocycles. The first-order chi connectivity index (χ1) is 1.73. The van der Waals surface area contributed by atoms with Gasteiger partial charge in [-0.15, -0.1) is 5.97 Å². The van der Waals surface area contributed by atoms with Crippen molar-refractivity contribution in [1.82, 2.24) is 0 Å². The molecule has 3 heteroatoms. The molecule has 28 valence electrons. The minimum atomic E-state index is -1.33. The van der Waals surface area contributed by atoms with Gasteiger partial charge in [0.15, 0.2) is 0 Å². The number of aliphatic carboxylic acids is 1. The van der Waals surface area contributed by atoms with Crippen LogP contribution in [0.4, 0.5) is 0 Å². The Hall–Kier alpha value is 0.0283. The second kappa shape index (κ2) is 4.03. The largest absolute Gasteiger partial charge is 2.00 e. The zero-order chi connectivity index (χ0) is 3.58. The topological polar surface area (TPSA) is 40.1 Å². The van der Waals surface area contributed by atoms with Crippen molar-refractivity contribution in [3.63, 3.8) is 0 Å². The summed E-state index contributed by atoms with van der Waals surface area (Å²) in [4.78, 5) is 8.78. The van der Waals surface area contributed by atoms with Crippen molar-refractivity contribution in [2.45, 2.75) is 0 Å². The maximum Gasteiger partial charge on any atom is 2.00 e. The molecule has 0 aliphatic carbocycles. The summed E-state index contributed by atoms with van der Waals surface area (Å²) in [7, 11) is 0.